The van der Waals surface area contributed by atoms with Crippen LogP contribution in [0.4, 0.5) is 35.0 Å². The van der Waals surface area contributed by atoms with Gasteiger partial charge >= 0.3 is 6.18 Å². The Morgan fingerprint density at radius 2 is 1.74 bits per heavy atom. The molecule has 0 radical (unpaired) electrons. The molecule has 1 aliphatic rings. The van der Waals surface area contributed by atoms with E-state index in [4.69, 9.17) is 9.47 Å². The van der Waals surface area contributed by atoms with Crippen molar-refractivity contribution in [2.75, 3.05) is 63.6 Å². The van der Waals surface area contributed by atoms with Crippen molar-refractivity contribution < 1.29 is 31.8 Å². The summed E-state index contributed by atoms with van der Waals surface area (Å²) < 4.78 is 66.3. The van der Waals surface area contributed by atoms with Gasteiger partial charge in [-0.05, 0) is 36.4 Å². The van der Waals surface area contributed by atoms with Gasteiger partial charge in [-0.3, -0.25) is 14.6 Å². The lowest BCUT2D eigenvalue weighted by Crippen LogP contribution is -2.49. The number of imidazole rings is 1. The SMILES string of the molecule is COCCN1CCN(CC(=O)Nc2cc(Oc3ccc4c(c3)nc(Nc3cc(C(F)(F)F)ccc3F)n4C)ccn2)CC1. The van der Waals surface area contributed by atoms with Crippen molar-refractivity contribution in [3.05, 3.63) is 66.1 Å². The number of hydrogen-bond donors (Lipinski definition) is 2. The molecule has 2 aromatic heterocycles. The average molecular weight is 602 g/mol. The maximum absolute atomic E-state index is 14.3. The van der Waals surface area contributed by atoms with Crippen molar-refractivity contribution in [3.63, 3.8) is 0 Å². The zero-order chi connectivity index (χ0) is 30.6. The second-order valence-electron chi connectivity index (χ2n) is 10.1. The number of benzene rings is 2. The fourth-order valence-electron chi connectivity index (χ4n) is 4.73. The largest absolute Gasteiger partial charge is 0.457 e. The van der Waals surface area contributed by atoms with E-state index in [2.05, 4.69) is 30.4 Å². The molecule has 1 amide bonds. The van der Waals surface area contributed by atoms with Gasteiger partial charge in [0, 0.05) is 65.2 Å². The highest BCUT2D eigenvalue weighted by atomic mass is 19.4. The van der Waals surface area contributed by atoms with E-state index in [-0.39, 0.29) is 24.1 Å². The Morgan fingerprint density at radius 1 is 1.00 bits per heavy atom. The first-order valence-electron chi connectivity index (χ1n) is 13.6. The fourth-order valence-corrected chi connectivity index (χ4v) is 4.73. The number of aromatic nitrogens is 3. The normalized spacial score (nSPS) is 14.7. The molecule has 1 saturated heterocycles. The summed E-state index contributed by atoms with van der Waals surface area (Å²) in [5, 5.41) is 5.47. The number of rotatable bonds is 10. The van der Waals surface area contributed by atoms with Gasteiger partial charge in [0.25, 0.3) is 0 Å². The van der Waals surface area contributed by atoms with Crippen molar-refractivity contribution >= 4 is 34.4 Å². The number of methoxy groups -OCH3 is 1. The van der Waals surface area contributed by atoms with Gasteiger partial charge in [0.05, 0.1) is 35.4 Å². The maximum Gasteiger partial charge on any atom is 0.416 e. The third kappa shape index (κ3) is 7.58. The molecule has 0 aliphatic carbocycles. The van der Waals surface area contributed by atoms with Crippen LogP contribution < -0.4 is 15.4 Å². The Hall–Kier alpha value is -4.27. The van der Waals surface area contributed by atoms with E-state index < -0.39 is 17.6 Å². The van der Waals surface area contributed by atoms with Gasteiger partial charge in [-0.1, -0.05) is 0 Å². The number of carbonyl (C=O) groups is 1. The number of alkyl halides is 3. The van der Waals surface area contributed by atoms with Crippen molar-refractivity contribution in [2.45, 2.75) is 6.18 Å². The molecule has 1 aliphatic heterocycles. The molecular formula is C29H31F4N7O3. The summed E-state index contributed by atoms with van der Waals surface area (Å²) in [7, 11) is 3.34. The Balaban J connectivity index is 1.22. The van der Waals surface area contributed by atoms with E-state index in [1.165, 1.54) is 6.20 Å². The molecule has 5 rings (SSSR count). The number of aryl methyl sites for hydroxylation is 1. The van der Waals surface area contributed by atoms with E-state index in [1.807, 2.05) is 0 Å². The van der Waals surface area contributed by atoms with Crippen LogP contribution in [0.3, 0.4) is 0 Å². The van der Waals surface area contributed by atoms with Crippen LogP contribution in [-0.4, -0.2) is 83.2 Å². The van der Waals surface area contributed by atoms with Gasteiger partial charge < -0.3 is 24.7 Å². The zero-order valence-electron chi connectivity index (χ0n) is 23.6. The molecular weight excluding hydrogens is 570 g/mol. The lowest BCUT2D eigenvalue weighted by atomic mass is 10.2. The Labute approximate surface area is 245 Å². The summed E-state index contributed by atoms with van der Waals surface area (Å²) in [6, 6.07) is 10.5. The predicted molar refractivity (Wildman–Crippen MR) is 153 cm³/mol. The number of amides is 1. The van der Waals surface area contributed by atoms with Crippen LogP contribution in [-0.2, 0) is 22.8 Å². The second kappa shape index (κ2) is 12.9. The molecule has 43 heavy (non-hydrogen) atoms. The van der Waals surface area contributed by atoms with E-state index in [0.717, 1.165) is 38.8 Å². The van der Waals surface area contributed by atoms with Crippen LogP contribution in [0.1, 0.15) is 5.56 Å². The van der Waals surface area contributed by atoms with Gasteiger partial charge in [0.1, 0.15) is 23.1 Å². The fraction of sp³-hybridized carbons (Fsp3) is 0.345. The number of pyridine rings is 1. The van der Waals surface area contributed by atoms with Crippen LogP contribution in [0.25, 0.3) is 11.0 Å². The van der Waals surface area contributed by atoms with Gasteiger partial charge in [-0.25, -0.2) is 14.4 Å². The molecule has 0 unspecified atom stereocenters. The van der Waals surface area contributed by atoms with E-state index in [9.17, 15) is 22.4 Å². The van der Waals surface area contributed by atoms with E-state index in [0.29, 0.717) is 47.1 Å². The lowest BCUT2D eigenvalue weighted by molar-refractivity contribution is -0.137. The molecule has 0 saturated carbocycles. The first kappa shape index (κ1) is 30.2. The summed E-state index contributed by atoms with van der Waals surface area (Å²) in [5.41, 5.74) is -0.208. The summed E-state index contributed by atoms with van der Waals surface area (Å²) in [6.07, 6.45) is -3.09. The van der Waals surface area contributed by atoms with Gasteiger partial charge in [0.2, 0.25) is 11.9 Å². The summed E-state index contributed by atoms with van der Waals surface area (Å²) in [5.74, 6) is 0.326. The third-order valence-electron chi connectivity index (χ3n) is 7.07. The molecule has 1 fully saturated rings. The monoisotopic (exact) mass is 601 g/mol. The number of hydrogen-bond acceptors (Lipinski definition) is 8. The highest BCUT2D eigenvalue weighted by Gasteiger charge is 2.31. The average Bonchev–Trinajstić information content (AvgIpc) is 3.27. The van der Waals surface area contributed by atoms with Crippen molar-refractivity contribution in [2.24, 2.45) is 7.05 Å². The number of piperazine rings is 1. The Morgan fingerprint density at radius 3 is 2.49 bits per heavy atom. The lowest BCUT2D eigenvalue weighted by Gasteiger charge is -2.34. The molecule has 0 atom stereocenters. The molecule has 3 heterocycles. The van der Waals surface area contributed by atoms with Gasteiger partial charge in [-0.15, -0.1) is 0 Å². The van der Waals surface area contributed by atoms with Crippen LogP contribution in [0.2, 0.25) is 0 Å². The molecule has 2 aromatic carbocycles. The molecule has 2 N–H and O–H groups in total. The minimum absolute atomic E-state index is 0.149. The topological polar surface area (TPSA) is 96.8 Å². The minimum atomic E-state index is -4.61. The summed E-state index contributed by atoms with van der Waals surface area (Å²) >= 11 is 0. The number of carbonyl (C=O) groups excluding carboxylic acids is 1. The van der Waals surface area contributed by atoms with Gasteiger partial charge in [-0.2, -0.15) is 13.2 Å². The summed E-state index contributed by atoms with van der Waals surface area (Å²) in [4.78, 5) is 25.7. The molecule has 4 aromatic rings. The molecule has 10 nitrogen and oxygen atoms in total. The molecule has 0 bridgehead atoms. The molecule has 228 valence electrons. The molecule has 14 heteroatoms. The standard InChI is InChI=1S/C29H31F4N7O3/c1-38-25-6-4-20(16-24(25)36-28(38)35-23-15-19(29(31,32)33)3-5-22(23)30)43-21-7-8-34-26(17-21)37-27(41)18-40-11-9-39(10-12-40)13-14-42-2/h3-8,15-17H,9-14,18H2,1-2H3,(H,35,36)(H,34,37,41). The Bertz CT molecular complexity index is 1590. The first-order chi connectivity index (χ1) is 20.6. The number of fused-ring (bicyclic) bond motifs is 1. The third-order valence-corrected chi connectivity index (χ3v) is 7.07. The van der Waals surface area contributed by atoms with Crippen molar-refractivity contribution in [3.8, 4) is 11.5 Å². The van der Waals surface area contributed by atoms with E-state index in [1.54, 1.807) is 49.1 Å². The predicted octanol–water partition coefficient (Wildman–Crippen LogP) is 4.86. The maximum atomic E-state index is 14.3. The number of halogens is 4. The zero-order valence-corrected chi connectivity index (χ0v) is 23.6. The number of anilines is 3. The number of nitrogens with zero attached hydrogens (tertiary/aromatic N) is 5. The van der Waals surface area contributed by atoms with Crippen molar-refractivity contribution in [1.29, 1.82) is 0 Å². The van der Waals surface area contributed by atoms with Crippen LogP contribution >= 0.6 is 0 Å². The Kier molecular flexibility index (Phi) is 9.08. The van der Waals surface area contributed by atoms with Crippen LogP contribution in [0.15, 0.2) is 54.7 Å². The number of ether oxygens (including phenoxy) is 2. The summed E-state index contributed by atoms with van der Waals surface area (Å²) in [6.45, 7) is 5.13. The quantitative estimate of drug-likeness (QED) is 0.249. The first-order valence-corrected chi connectivity index (χ1v) is 13.6. The van der Waals surface area contributed by atoms with Crippen LogP contribution in [0.5, 0.6) is 11.5 Å². The smallest absolute Gasteiger partial charge is 0.416 e. The molecule has 0 spiro atoms. The van der Waals surface area contributed by atoms with E-state index >= 15 is 0 Å². The highest BCUT2D eigenvalue weighted by Crippen LogP contribution is 2.33. The highest BCUT2D eigenvalue weighted by molar-refractivity contribution is 5.91. The second-order valence-corrected chi connectivity index (χ2v) is 10.1. The van der Waals surface area contributed by atoms with Gasteiger partial charge in [0.15, 0.2) is 0 Å². The van der Waals surface area contributed by atoms with Crippen molar-refractivity contribution in [1.82, 2.24) is 24.3 Å². The minimum Gasteiger partial charge on any atom is -0.457 e. The van der Waals surface area contributed by atoms with Crippen LogP contribution in [0, 0.1) is 5.82 Å². The number of nitrogens with one attached hydrogen (secondary N) is 2.